The van der Waals surface area contributed by atoms with Crippen molar-refractivity contribution in [1.82, 2.24) is 9.78 Å². The van der Waals surface area contributed by atoms with Gasteiger partial charge >= 0.3 is 0 Å². The van der Waals surface area contributed by atoms with Crippen LogP contribution in [0.15, 0.2) is 30.5 Å². The summed E-state index contributed by atoms with van der Waals surface area (Å²) in [6.45, 7) is 3.97. The molecule has 4 nitrogen and oxygen atoms in total. The third-order valence-electron chi connectivity index (χ3n) is 3.74. The number of rotatable bonds is 3. The van der Waals surface area contributed by atoms with Crippen molar-refractivity contribution in [3.05, 3.63) is 47.3 Å². The second-order valence-electron chi connectivity index (χ2n) is 5.33. The molecule has 2 N–H and O–H groups in total. The van der Waals surface area contributed by atoms with E-state index in [1.54, 1.807) is 0 Å². The van der Waals surface area contributed by atoms with Crippen molar-refractivity contribution in [3.63, 3.8) is 0 Å². The topological polar surface area (TPSA) is 47.1 Å². The zero-order valence-electron chi connectivity index (χ0n) is 11.5. The summed E-state index contributed by atoms with van der Waals surface area (Å²) in [5.41, 5.74) is 11.0. The molecule has 100 valence electrons. The van der Waals surface area contributed by atoms with E-state index >= 15 is 0 Å². The molecule has 1 atom stereocenters. The zero-order valence-corrected chi connectivity index (χ0v) is 11.5. The Balaban J connectivity index is 1.82. The van der Waals surface area contributed by atoms with E-state index in [9.17, 15) is 0 Å². The van der Waals surface area contributed by atoms with E-state index in [2.05, 4.69) is 34.3 Å². The Morgan fingerprint density at radius 2 is 2.21 bits per heavy atom. The van der Waals surface area contributed by atoms with Gasteiger partial charge in [-0.15, -0.1) is 0 Å². The van der Waals surface area contributed by atoms with Crippen LogP contribution in [0.4, 0.5) is 5.69 Å². The molecule has 2 heterocycles. The van der Waals surface area contributed by atoms with E-state index < -0.39 is 0 Å². The monoisotopic (exact) mass is 256 g/mol. The summed E-state index contributed by atoms with van der Waals surface area (Å²) in [6, 6.07) is 8.77. The Kier molecular flexibility index (Phi) is 3.03. The van der Waals surface area contributed by atoms with Gasteiger partial charge in [-0.3, -0.25) is 4.68 Å². The van der Waals surface area contributed by atoms with E-state index in [1.807, 2.05) is 24.9 Å². The summed E-state index contributed by atoms with van der Waals surface area (Å²) in [7, 11) is 1.95. The Labute approximate surface area is 113 Å². The van der Waals surface area contributed by atoms with Gasteiger partial charge in [0.1, 0.15) is 0 Å². The first-order valence-corrected chi connectivity index (χ1v) is 6.75. The molecule has 1 aliphatic rings. The van der Waals surface area contributed by atoms with Crippen molar-refractivity contribution in [2.45, 2.75) is 25.9 Å². The second-order valence-corrected chi connectivity index (χ2v) is 5.33. The van der Waals surface area contributed by atoms with Crippen LogP contribution < -0.4 is 10.6 Å². The number of fused-ring (bicyclic) bond motifs is 1. The van der Waals surface area contributed by atoms with Crippen LogP contribution >= 0.6 is 0 Å². The van der Waals surface area contributed by atoms with Crippen molar-refractivity contribution in [2.75, 3.05) is 11.4 Å². The van der Waals surface area contributed by atoms with Gasteiger partial charge in [-0.2, -0.15) is 5.10 Å². The molecule has 0 amide bonds. The standard InChI is InChI=1S/C15H20N4/c1-11(16)12-3-4-15-13(9-12)5-8-19(15)10-14-6-7-18(2)17-14/h3-4,6-7,9,11H,5,8,10,16H2,1-2H3. The summed E-state index contributed by atoms with van der Waals surface area (Å²) >= 11 is 0. The van der Waals surface area contributed by atoms with Gasteiger partial charge in [0.15, 0.2) is 0 Å². The molecular weight excluding hydrogens is 236 g/mol. The van der Waals surface area contributed by atoms with Crippen LogP contribution in [-0.4, -0.2) is 16.3 Å². The molecule has 0 spiro atoms. The maximum absolute atomic E-state index is 5.94. The van der Waals surface area contributed by atoms with E-state index in [0.717, 1.165) is 25.2 Å². The SMILES string of the molecule is CC(N)c1ccc2c(c1)CCN2Cc1ccn(C)n1. The number of nitrogens with two attached hydrogens (primary N) is 1. The normalized spacial score (nSPS) is 15.6. The van der Waals surface area contributed by atoms with Crippen LogP contribution in [0.2, 0.25) is 0 Å². The van der Waals surface area contributed by atoms with Crippen LogP contribution in [0.3, 0.4) is 0 Å². The van der Waals surface area contributed by atoms with E-state index in [-0.39, 0.29) is 6.04 Å². The number of nitrogens with zero attached hydrogens (tertiary/aromatic N) is 3. The molecule has 1 aromatic heterocycles. The molecule has 0 saturated heterocycles. The average Bonchev–Trinajstić information content (AvgIpc) is 2.96. The predicted octanol–water partition coefficient (Wildman–Crippen LogP) is 2.00. The largest absolute Gasteiger partial charge is 0.365 e. The molecule has 0 saturated carbocycles. The average molecular weight is 256 g/mol. The molecule has 0 aliphatic carbocycles. The fraction of sp³-hybridized carbons (Fsp3) is 0.400. The number of benzene rings is 1. The summed E-state index contributed by atoms with van der Waals surface area (Å²) < 4.78 is 1.85. The first-order valence-electron chi connectivity index (χ1n) is 6.75. The Morgan fingerprint density at radius 3 is 2.89 bits per heavy atom. The predicted molar refractivity (Wildman–Crippen MR) is 77.0 cm³/mol. The number of hydrogen-bond donors (Lipinski definition) is 1. The van der Waals surface area contributed by atoms with Crippen LogP contribution in [-0.2, 0) is 20.0 Å². The highest BCUT2D eigenvalue weighted by molar-refractivity contribution is 5.59. The molecular formula is C15H20N4. The summed E-state index contributed by atoms with van der Waals surface area (Å²) in [5, 5.41) is 4.45. The molecule has 0 fully saturated rings. The third kappa shape index (κ3) is 2.36. The van der Waals surface area contributed by atoms with Gasteiger partial charge in [-0.05, 0) is 36.6 Å². The first-order chi connectivity index (χ1) is 9.13. The Hall–Kier alpha value is -1.81. The summed E-state index contributed by atoms with van der Waals surface area (Å²) in [4.78, 5) is 2.39. The van der Waals surface area contributed by atoms with Gasteiger partial charge in [0.05, 0.1) is 12.2 Å². The fourth-order valence-corrected chi connectivity index (χ4v) is 2.68. The molecule has 0 bridgehead atoms. The van der Waals surface area contributed by atoms with E-state index in [1.165, 1.54) is 16.8 Å². The number of anilines is 1. The first kappa shape index (κ1) is 12.2. The molecule has 2 aromatic rings. The lowest BCUT2D eigenvalue weighted by molar-refractivity contribution is 0.725. The minimum atomic E-state index is 0.107. The van der Waals surface area contributed by atoms with Crippen molar-refractivity contribution in [1.29, 1.82) is 0 Å². The van der Waals surface area contributed by atoms with Gasteiger partial charge < -0.3 is 10.6 Å². The highest BCUT2D eigenvalue weighted by atomic mass is 15.3. The zero-order chi connectivity index (χ0) is 13.4. The minimum Gasteiger partial charge on any atom is -0.365 e. The van der Waals surface area contributed by atoms with Crippen LogP contribution in [0.5, 0.6) is 0 Å². The number of aromatic nitrogens is 2. The molecule has 4 heteroatoms. The van der Waals surface area contributed by atoms with Gasteiger partial charge in [-0.1, -0.05) is 12.1 Å². The lowest BCUT2D eigenvalue weighted by Crippen LogP contribution is -2.20. The van der Waals surface area contributed by atoms with Gasteiger partial charge in [0.25, 0.3) is 0 Å². The smallest absolute Gasteiger partial charge is 0.0817 e. The van der Waals surface area contributed by atoms with Gasteiger partial charge in [0.2, 0.25) is 0 Å². The molecule has 19 heavy (non-hydrogen) atoms. The highest BCUT2D eigenvalue weighted by Crippen LogP contribution is 2.31. The second kappa shape index (κ2) is 4.70. The maximum atomic E-state index is 5.94. The Morgan fingerprint density at radius 1 is 1.37 bits per heavy atom. The van der Waals surface area contributed by atoms with E-state index in [0.29, 0.717) is 0 Å². The van der Waals surface area contributed by atoms with Crippen molar-refractivity contribution in [2.24, 2.45) is 12.8 Å². The van der Waals surface area contributed by atoms with Crippen LogP contribution in [0, 0.1) is 0 Å². The van der Waals surface area contributed by atoms with E-state index in [4.69, 9.17) is 5.73 Å². The summed E-state index contributed by atoms with van der Waals surface area (Å²) in [6.07, 6.45) is 3.09. The Bertz CT molecular complexity index is 586. The third-order valence-corrected chi connectivity index (χ3v) is 3.74. The molecule has 0 radical (unpaired) electrons. The van der Waals surface area contributed by atoms with Gasteiger partial charge in [-0.25, -0.2) is 0 Å². The fourth-order valence-electron chi connectivity index (χ4n) is 2.68. The molecule has 3 rings (SSSR count). The lowest BCUT2D eigenvalue weighted by atomic mass is 10.0. The molecule has 1 aliphatic heterocycles. The van der Waals surface area contributed by atoms with Crippen LogP contribution in [0.25, 0.3) is 0 Å². The number of aryl methyl sites for hydroxylation is 1. The molecule has 1 aromatic carbocycles. The minimum absolute atomic E-state index is 0.107. The van der Waals surface area contributed by atoms with Crippen molar-refractivity contribution in [3.8, 4) is 0 Å². The number of hydrogen-bond acceptors (Lipinski definition) is 3. The lowest BCUT2D eigenvalue weighted by Gasteiger charge is -2.18. The van der Waals surface area contributed by atoms with Gasteiger partial charge in [0, 0.05) is 31.5 Å². The highest BCUT2D eigenvalue weighted by Gasteiger charge is 2.20. The van der Waals surface area contributed by atoms with Crippen LogP contribution in [0.1, 0.15) is 29.8 Å². The van der Waals surface area contributed by atoms with Crippen molar-refractivity contribution < 1.29 is 0 Å². The quantitative estimate of drug-likeness (QED) is 0.913. The van der Waals surface area contributed by atoms with Crippen molar-refractivity contribution >= 4 is 5.69 Å². The summed E-state index contributed by atoms with van der Waals surface area (Å²) in [5.74, 6) is 0. The maximum Gasteiger partial charge on any atom is 0.0817 e. The molecule has 1 unspecified atom stereocenters.